The molecule has 10 heteroatoms. The predicted octanol–water partition coefficient (Wildman–Crippen LogP) is 2.61. The van der Waals surface area contributed by atoms with Crippen molar-refractivity contribution >= 4 is 56.5 Å². The second-order valence-electron chi connectivity index (χ2n) is 5.78. The molecule has 0 aliphatic heterocycles. The lowest BCUT2D eigenvalue weighted by Gasteiger charge is -2.11. The van der Waals surface area contributed by atoms with Crippen LogP contribution in [0.3, 0.4) is 0 Å². The number of anilines is 1. The first-order valence-corrected chi connectivity index (χ1v) is 10.4. The van der Waals surface area contributed by atoms with Gasteiger partial charge in [0.05, 0.1) is 4.90 Å². The van der Waals surface area contributed by atoms with Crippen molar-refractivity contribution in [2.75, 3.05) is 5.32 Å². The summed E-state index contributed by atoms with van der Waals surface area (Å²) in [6.07, 6.45) is 0.684. The zero-order valence-corrected chi connectivity index (χ0v) is 17.2. The van der Waals surface area contributed by atoms with Gasteiger partial charge in [-0.2, -0.15) is 0 Å². The molecule has 0 spiro atoms. The van der Waals surface area contributed by atoms with Gasteiger partial charge < -0.3 is 10.6 Å². The molecule has 2 rings (SSSR count). The van der Waals surface area contributed by atoms with Crippen LogP contribution in [-0.4, -0.2) is 25.3 Å². The van der Waals surface area contributed by atoms with Crippen LogP contribution in [0.25, 0.3) is 0 Å². The number of aryl methyl sites for hydroxylation is 1. The summed E-state index contributed by atoms with van der Waals surface area (Å²) < 4.78 is 25.7. The average Bonchev–Trinajstić information content (AvgIpc) is 2.60. The van der Waals surface area contributed by atoms with Crippen LogP contribution in [0.1, 0.15) is 18.9 Å². The third-order valence-corrected chi connectivity index (χ3v) is 5.55. The molecule has 0 saturated heterocycles. The Morgan fingerprint density at radius 3 is 2.32 bits per heavy atom. The van der Waals surface area contributed by atoms with Crippen molar-refractivity contribution in [3.63, 3.8) is 0 Å². The maximum absolute atomic E-state index is 12.0. The molecule has 0 heterocycles. The normalized spacial score (nSPS) is 10.8. The summed E-state index contributed by atoms with van der Waals surface area (Å²) >= 11 is 11.1. The van der Waals surface area contributed by atoms with Crippen LogP contribution in [0.15, 0.2) is 53.4 Å². The smallest absolute Gasteiger partial charge is 0.264 e. The van der Waals surface area contributed by atoms with Crippen molar-refractivity contribution in [1.29, 1.82) is 0 Å². The van der Waals surface area contributed by atoms with E-state index in [4.69, 9.17) is 23.8 Å². The Labute approximate surface area is 173 Å². The minimum absolute atomic E-state index is 0.0667. The topological polar surface area (TPSA) is 104 Å². The molecule has 0 aliphatic carbocycles. The Balaban J connectivity index is 1.88. The molecule has 0 saturated carbocycles. The van der Waals surface area contributed by atoms with Gasteiger partial charge in [-0.1, -0.05) is 29.8 Å². The standard InChI is InChI=1S/C18H18ClN3O4S2/c1-12(23)22-28(25,26)15-9-7-14(8-10-15)20-18(27)21-17(24)11-6-13-4-2-3-5-16(13)19/h2-5,7-10H,6,11H2,1H3,(H,22,23)(H2,20,21,24,27). The maximum Gasteiger partial charge on any atom is 0.264 e. The van der Waals surface area contributed by atoms with E-state index >= 15 is 0 Å². The second-order valence-corrected chi connectivity index (χ2v) is 8.28. The van der Waals surface area contributed by atoms with Crippen LogP contribution in [0.2, 0.25) is 5.02 Å². The molecule has 0 aromatic heterocycles. The summed E-state index contributed by atoms with van der Waals surface area (Å²) in [6, 6.07) is 12.8. The Hall–Kier alpha value is -2.49. The van der Waals surface area contributed by atoms with Crippen LogP contribution in [0.4, 0.5) is 5.69 Å². The first-order chi connectivity index (χ1) is 13.2. The van der Waals surface area contributed by atoms with E-state index < -0.39 is 15.9 Å². The van der Waals surface area contributed by atoms with Crippen molar-refractivity contribution < 1.29 is 18.0 Å². The van der Waals surface area contributed by atoms with E-state index in [9.17, 15) is 18.0 Å². The molecular weight excluding hydrogens is 422 g/mol. The van der Waals surface area contributed by atoms with E-state index in [2.05, 4.69) is 10.6 Å². The molecule has 0 bridgehead atoms. The van der Waals surface area contributed by atoms with E-state index in [0.29, 0.717) is 17.1 Å². The van der Waals surface area contributed by atoms with Crippen LogP contribution >= 0.6 is 23.8 Å². The number of carbonyl (C=O) groups excluding carboxylic acids is 2. The predicted molar refractivity (Wildman–Crippen MR) is 112 cm³/mol. The molecule has 0 fully saturated rings. The Kier molecular flexibility index (Phi) is 7.50. The number of thiocarbonyl (C=S) groups is 1. The highest BCUT2D eigenvalue weighted by Gasteiger charge is 2.15. The van der Waals surface area contributed by atoms with Crippen LogP contribution in [0, 0.1) is 0 Å². The van der Waals surface area contributed by atoms with Gasteiger partial charge in [0.1, 0.15) is 0 Å². The average molecular weight is 440 g/mol. The van der Waals surface area contributed by atoms with Crippen molar-refractivity contribution in [2.24, 2.45) is 0 Å². The minimum Gasteiger partial charge on any atom is -0.332 e. The highest BCUT2D eigenvalue weighted by atomic mass is 35.5. The van der Waals surface area contributed by atoms with Gasteiger partial charge in [-0.05, 0) is 54.5 Å². The molecular formula is C18H18ClN3O4S2. The lowest BCUT2D eigenvalue weighted by molar-refractivity contribution is -0.119. The van der Waals surface area contributed by atoms with E-state index in [1.165, 1.54) is 24.3 Å². The number of sulfonamides is 1. The molecule has 28 heavy (non-hydrogen) atoms. The summed E-state index contributed by atoms with van der Waals surface area (Å²) in [5.74, 6) is -0.954. The van der Waals surface area contributed by atoms with Crippen LogP contribution in [0.5, 0.6) is 0 Å². The SMILES string of the molecule is CC(=O)NS(=O)(=O)c1ccc(NC(=S)NC(=O)CCc2ccccc2Cl)cc1. The van der Waals surface area contributed by atoms with Gasteiger partial charge in [0.2, 0.25) is 11.8 Å². The van der Waals surface area contributed by atoms with E-state index in [1.54, 1.807) is 6.07 Å². The molecule has 3 N–H and O–H groups in total. The van der Waals surface area contributed by atoms with Gasteiger partial charge in [0, 0.05) is 24.1 Å². The van der Waals surface area contributed by atoms with E-state index in [0.717, 1.165) is 12.5 Å². The number of nitrogens with one attached hydrogen (secondary N) is 3. The summed E-state index contributed by atoms with van der Waals surface area (Å²) in [5.41, 5.74) is 1.35. The fourth-order valence-electron chi connectivity index (χ4n) is 2.27. The molecule has 2 aromatic rings. The molecule has 7 nitrogen and oxygen atoms in total. The van der Waals surface area contributed by atoms with Gasteiger partial charge in [-0.3, -0.25) is 9.59 Å². The van der Waals surface area contributed by atoms with E-state index in [-0.39, 0.29) is 22.3 Å². The van der Waals surface area contributed by atoms with E-state index in [1.807, 2.05) is 22.9 Å². The van der Waals surface area contributed by atoms with Crippen molar-refractivity contribution in [1.82, 2.24) is 10.0 Å². The van der Waals surface area contributed by atoms with Gasteiger partial charge in [0.15, 0.2) is 5.11 Å². The first kappa shape index (κ1) is 21.8. The van der Waals surface area contributed by atoms with Crippen molar-refractivity contribution in [3.8, 4) is 0 Å². The first-order valence-electron chi connectivity index (χ1n) is 8.15. The largest absolute Gasteiger partial charge is 0.332 e. The molecule has 0 radical (unpaired) electrons. The monoisotopic (exact) mass is 439 g/mol. The number of carbonyl (C=O) groups is 2. The molecule has 2 aromatic carbocycles. The van der Waals surface area contributed by atoms with Gasteiger partial charge in [0.25, 0.3) is 10.0 Å². The number of rotatable bonds is 6. The van der Waals surface area contributed by atoms with Gasteiger partial charge in [-0.25, -0.2) is 13.1 Å². The van der Waals surface area contributed by atoms with Crippen LogP contribution in [-0.2, 0) is 26.0 Å². The highest BCUT2D eigenvalue weighted by Crippen LogP contribution is 2.16. The Morgan fingerprint density at radius 2 is 1.71 bits per heavy atom. The zero-order chi connectivity index (χ0) is 20.7. The quantitative estimate of drug-likeness (QED) is 0.597. The number of hydrogen-bond donors (Lipinski definition) is 3. The minimum atomic E-state index is -3.90. The fourth-order valence-corrected chi connectivity index (χ4v) is 3.72. The number of amides is 2. The molecule has 2 amide bonds. The summed E-state index contributed by atoms with van der Waals surface area (Å²) in [4.78, 5) is 22.9. The van der Waals surface area contributed by atoms with Gasteiger partial charge in [-0.15, -0.1) is 0 Å². The van der Waals surface area contributed by atoms with Gasteiger partial charge >= 0.3 is 0 Å². The number of hydrogen-bond acceptors (Lipinski definition) is 5. The zero-order valence-electron chi connectivity index (χ0n) is 14.9. The molecule has 0 atom stereocenters. The third kappa shape index (κ3) is 6.59. The maximum atomic E-state index is 12.0. The highest BCUT2D eigenvalue weighted by molar-refractivity contribution is 7.90. The number of benzene rings is 2. The summed E-state index contributed by atoms with van der Waals surface area (Å²) in [5, 5.41) is 6.03. The lowest BCUT2D eigenvalue weighted by atomic mass is 10.1. The fraction of sp³-hybridized carbons (Fsp3) is 0.167. The molecule has 0 unspecified atom stereocenters. The summed E-state index contributed by atoms with van der Waals surface area (Å²) in [7, 11) is -3.90. The number of halogens is 1. The molecule has 148 valence electrons. The third-order valence-electron chi connectivity index (χ3n) is 3.53. The molecule has 0 aliphatic rings. The van der Waals surface area contributed by atoms with Crippen LogP contribution < -0.4 is 15.4 Å². The Bertz CT molecular complexity index is 992. The Morgan fingerprint density at radius 1 is 1.07 bits per heavy atom. The van der Waals surface area contributed by atoms with Crippen molar-refractivity contribution in [2.45, 2.75) is 24.7 Å². The second kappa shape index (κ2) is 9.63. The summed E-state index contributed by atoms with van der Waals surface area (Å²) in [6.45, 7) is 1.11. The lowest BCUT2D eigenvalue weighted by Crippen LogP contribution is -2.34. The van der Waals surface area contributed by atoms with Crippen molar-refractivity contribution in [3.05, 3.63) is 59.1 Å².